The fraction of sp³-hybridized carbons (Fsp3) is 0.529. The fourth-order valence-corrected chi connectivity index (χ4v) is 3.73. The first-order valence-corrected chi connectivity index (χ1v) is 9.20. The number of carbonyl (C=O) groups excluding carboxylic acids is 1. The fourth-order valence-electron chi connectivity index (χ4n) is 2.78. The molecule has 0 aromatic carbocycles. The van der Waals surface area contributed by atoms with E-state index in [0.717, 1.165) is 61.4 Å². The van der Waals surface area contributed by atoms with Crippen LogP contribution in [0.25, 0.3) is 10.8 Å². The smallest absolute Gasteiger partial charge is 0.263 e. The number of piperazine rings is 1. The van der Waals surface area contributed by atoms with E-state index >= 15 is 0 Å². The van der Waals surface area contributed by atoms with E-state index in [9.17, 15) is 4.79 Å². The van der Waals surface area contributed by atoms with Crippen LogP contribution in [-0.4, -0.2) is 55.1 Å². The molecule has 0 radical (unpaired) electrons. The number of hydrogen-bond donors (Lipinski definition) is 2. The molecule has 3 heterocycles. The van der Waals surface area contributed by atoms with E-state index in [1.807, 2.05) is 26.0 Å². The van der Waals surface area contributed by atoms with Gasteiger partial charge in [0, 0.05) is 32.7 Å². The highest BCUT2D eigenvalue weighted by molar-refractivity contribution is 7.17. The Balaban J connectivity index is 0.00000169. The van der Waals surface area contributed by atoms with Gasteiger partial charge in [-0.25, -0.2) is 4.98 Å². The normalized spacial score (nSPS) is 14.4. The minimum absolute atomic E-state index is 0. The van der Waals surface area contributed by atoms with Crippen molar-refractivity contribution in [2.45, 2.75) is 20.3 Å². The Hall–Kier alpha value is -1.12. The lowest BCUT2D eigenvalue weighted by Gasteiger charge is -2.27. The summed E-state index contributed by atoms with van der Waals surface area (Å²) >= 11 is 1.38. The Morgan fingerprint density at radius 1 is 1.31 bits per heavy atom. The van der Waals surface area contributed by atoms with Crippen LogP contribution in [0.4, 0.5) is 0 Å². The molecule has 1 amide bonds. The highest BCUT2D eigenvalue weighted by Crippen LogP contribution is 2.29. The number of amides is 1. The van der Waals surface area contributed by atoms with Crippen molar-refractivity contribution in [1.82, 2.24) is 20.5 Å². The van der Waals surface area contributed by atoms with E-state index in [2.05, 4.69) is 20.5 Å². The monoisotopic (exact) mass is 420 g/mol. The van der Waals surface area contributed by atoms with E-state index in [-0.39, 0.29) is 30.7 Å². The third-order valence-corrected chi connectivity index (χ3v) is 5.27. The average Bonchev–Trinajstić information content (AvgIpc) is 3.18. The summed E-state index contributed by atoms with van der Waals surface area (Å²) in [4.78, 5) is 19.9. The molecule has 3 rings (SSSR count). The predicted molar refractivity (Wildman–Crippen MR) is 110 cm³/mol. The SMILES string of the molecule is Cc1ccc(-c2nc(C)c(C(=O)NCCCN3CCNCC3)s2)o1.Cl.Cl. The summed E-state index contributed by atoms with van der Waals surface area (Å²) in [5.41, 5.74) is 0.753. The number of aromatic nitrogens is 1. The second-order valence-corrected chi connectivity index (χ2v) is 7.04. The number of halogens is 2. The molecule has 0 saturated carbocycles. The number of nitrogens with one attached hydrogen (secondary N) is 2. The van der Waals surface area contributed by atoms with E-state index in [1.165, 1.54) is 11.3 Å². The van der Waals surface area contributed by atoms with Crippen molar-refractivity contribution in [3.8, 4) is 10.8 Å². The number of aryl methyl sites for hydroxylation is 2. The maximum atomic E-state index is 12.4. The van der Waals surface area contributed by atoms with Crippen LogP contribution >= 0.6 is 36.2 Å². The lowest BCUT2D eigenvalue weighted by atomic mass is 10.3. The highest BCUT2D eigenvalue weighted by atomic mass is 35.5. The van der Waals surface area contributed by atoms with Crippen LogP contribution in [0.5, 0.6) is 0 Å². The Kier molecular flexibility index (Phi) is 9.60. The molecule has 0 spiro atoms. The molecule has 26 heavy (non-hydrogen) atoms. The van der Waals surface area contributed by atoms with Gasteiger partial charge in [0.2, 0.25) is 0 Å². The molecule has 0 bridgehead atoms. The third kappa shape index (κ3) is 5.96. The van der Waals surface area contributed by atoms with Crippen molar-refractivity contribution in [2.24, 2.45) is 0 Å². The van der Waals surface area contributed by atoms with Gasteiger partial charge in [0.1, 0.15) is 10.6 Å². The zero-order chi connectivity index (χ0) is 16.9. The van der Waals surface area contributed by atoms with Gasteiger partial charge in [-0.15, -0.1) is 36.2 Å². The number of furan rings is 1. The molecular weight excluding hydrogens is 395 g/mol. The zero-order valence-electron chi connectivity index (χ0n) is 15.0. The maximum absolute atomic E-state index is 12.4. The largest absolute Gasteiger partial charge is 0.459 e. The Morgan fingerprint density at radius 3 is 2.69 bits per heavy atom. The van der Waals surface area contributed by atoms with E-state index in [4.69, 9.17) is 4.42 Å². The van der Waals surface area contributed by atoms with Crippen LogP contribution in [0.3, 0.4) is 0 Å². The van der Waals surface area contributed by atoms with Gasteiger partial charge in [0.25, 0.3) is 5.91 Å². The molecule has 6 nitrogen and oxygen atoms in total. The molecule has 0 aliphatic carbocycles. The summed E-state index contributed by atoms with van der Waals surface area (Å²) in [6.07, 6.45) is 0.966. The van der Waals surface area contributed by atoms with Crippen molar-refractivity contribution in [2.75, 3.05) is 39.3 Å². The molecule has 0 unspecified atom stereocenters. The van der Waals surface area contributed by atoms with Crippen molar-refractivity contribution < 1.29 is 9.21 Å². The first kappa shape index (κ1) is 22.9. The second kappa shape index (κ2) is 10.9. The van der Waals surface area contributed by atoms with Crippen molar-refractivity contribution >= 4 is 42.1 Å². The first-order chi connectivity index (χ1) is 11.6. The molecule has 1 aliphatic rings. The summed E-state index contributed by atoms with van der Waals surface area (Å²) in [6, 6.07) is 3.80. The molecule has 2 aromatic rings. The second-order valence-electron chi connectivity index (χ2n) is 6.04. The van der Waals surface area contributed by atoms with E-state index in [1.54, 1.807) is 0 Å². The molecule has 0 atom stereocenters. The van der Waals surface area contributed by atoms with Crippen LogP contribution in [0.15, 0.2) is 16.5 Å². The summed E-state index contributed by atoms with van der Waals surface area (Å²) < 4.78 is 5.59. The Labute approximate surface area is 170 Å². The number of rotatable bonds is 6. The van der Waals surface area contributed by atoms with Gasteiger partial charge in [-0.1, -0.05) is 0 Å². The standard InChI is InChI=1S/C17H24N4O2S.2ClH/c1-12-4-5-14(23-12)17-20-13(2)15(24-17)16(22)19-6-3-9-21-10-7-18-8-11-21;;/h4-5,18H,3,6-11H2,1-2H3,(H,19,22);2*1H. The lowest BCUT2D eigenvalue weighted by Crippen LogP contribution is -2.44. The van der Waals surface area contributed by atoms with Crippen LogP contribution in [-0.2, 0) is 0 Å². The summed E-state index contributed by atoms with van der Waals surface area (Å²) in [5.74, 6) is 1.52. The number of carbonyl (C=O) groups is 1. The van der Waals surface area contributed by atoms with Crippen molar-refractivity contribution in [1.29, 1.82) is 0 Å². The predicted octanol–water partition coefficient (Wildman–Crippen LogP) is 2.89. The van der Waals surface area contributed by atoms with E-state index < -0.39 is 0 Å². The quantitative estimate of drug-likeness (QED) is 0.702. The minimum Gasteiger partial charge on any atom is -0.459 e. The first-order valence-electron chi connectivity index (χ1n) is 8.39. The number of thiazole rings is 1. The number of hydrogen-bond acceptors (Lipinski definition) is 6. The van der Waals surface area contributed by atoms with Crippen LogP contribution in [0.2, 0.25) is 0 Å². The summed E-state index contributed by atoms with van der Waals surface area (Å²) in [7, 11) is 0. The van der Waals surface area contributed by atoms with Crippen LogP contribution in [0.1, 0.15) is 27.5 Å². The van der Waals surface area contributed by atoms with Gasteiger partial charge in [-0.3, -0.25) is 4.79 Å². The van der Waals surface area contributed by atoms with Gasteiger partial charge in [-0.2, -0.15) is 0 Å². The average molecular weight is 421 g/mol. The van der Waals surface area contributed by atoms with Crippen LogP contribution < -0.4 is 10.6 Å². The summed E-state index contributed by atoms with van der Waals surface area (Å²) in [6.45, 7) is 9.78. The molecule has 2 aromatic heterocycles. The van der Waals surface area contributed by atoms with Crippen molar-refractivity contribution in [3.05, 3.63) is 28.5 Å². The van der Waals surface area contributed by atoms with Gasteiger partial charge in [-0.05, 0) is 38.9 Å². The lowest BCUT2D eigenvalue weighted by molar-refractivity contribution is 0.0954. The molecule has 1 fully saturated rings. The minimum atomic E-state index is -0.0418. The molecule has 2 N–H and O–H groups in total. The summed E-state index contributed by atoms with van der Waals surface area (Å²) in [5, 5.41) is 7.11. The maximum Gasteiger partial charge on any atom is 0.263 e. The molecule has 9 heteroatoms. The van der Waals surface area contributed by atoms with Gasteiger partial charge >= 0.3 is 0 Å². The molecular formula is C17H26Cl2N4O2S. The Morgan fingerprint density at radius 2 is 2.04 bits per heavy atom. The topological polar surface area (TPSA) is 70.4 Å². The Bertz CT molecular complexity index is 699. The molecule has 1 aliphatic heterocycles. The molecule has 146 valence electrons. The zero-order valence-corrected chi connectivity index (χ0v) is 17.5. The van der Waals surface area contributed by atoms with Crippen molar-refractivity contribution in [3.63, 3.8) is 0 Å². The van der Waals surface area contributed by atoms with Gasteiger partial charge < -0.3 is 20.0 Å². The highest BCUT2D eigenvalue weighted by Gasteiger charge is 2.17. The van der Waals surface area contributed by atoms with Gasteiger partial charge in [0.15, 0.2) is 10.8 Å². The van der Waals surface area contributed by atoms with E-state index in [0.29, 0.717) is 11.4 Å². The third-order valence-electron chi connectivity index (χ3n) is 4.10. The number of nitrogens with zero attached hydrogens (tertiary/aromatic N) is 2. The van der Waals surface area contributed by atoms with Crippen LogP contribution in [0, 0.1) is 13.8 Å². The molecule has 1 saturated heterocycles. The van der Waals surface area contributed by atoms with Gasteiger partial charge in [0.05, 0.1) is 5.69 Å².